The lowest BCUT2D eigenvalue weighted by Crippen LogP contribution is -2.53. The van der Waals surface area contributed by atoms with Crippen LogP contribution in [0, 0.1) is 13.8 Å². The van der Waals surface area contributed by atoms with Crippen LogP contribution in [0.2, 0.25) is 5.02 Å². The summed E-state index contributed by atoms with van der Waals surface area (Å²) < 4.78 is 28.8. The van der Waals surface area contributed by atoms with Crippen molar-refractivity contribution in [3.8, 4) is 0 Å². The van der Waals surface area contributed by atoms with Gasteiger partial charge in [-0.1, -0.05) is 74.0 Å². The molecule has 3 aromatic carbocycles. The van der Waals surface area contributed by atoms with Crippen molar-refractivity contribution < 1.29 is 18.0 Å². The second-order valence-electron chi connectivity index (χ2n) is 9.95. The summed E-state index contributed by atoms with van der Waals surface area (Å²) in [6, 6.07) is 19.6. The van der Waals surface area contributed by atoms with Crippen molar-refractivity contribution in [1.29, 1.82) is 0 Å². The van der Waals surface area contributed by atoms with Gasteiger partial charge in [0.15, 0.2) is 0 Å². The molecule has 3 rings (SSSR count). The van der Waals surface area contributed by atoms with Gasteiger partial charge in [0.1, 0.15) is 12.6 Å². The van der Waals surface area contributed by atoms with Crippen LogP contribution in [0.25, 0.3) is 0 Å². The highest BCUT2D eigenvalue weighted by atomic mass is 35.5. The molecule has 9 heteroatoms. The van der Waals surface area contributed by atoms with Gasteiger partial charge in [0.05, 0.1) is 10.6 Å². The van der Waals surface area contributed by atoms with Crippen LogP contribution in [0.15, 0.2) is 77.7 Å². The van der Waals surface area contributed by atoms with Gasteiger partial charge in [-0.15, -0.1) is 0 Å². The first-order valence-electron chi connectivity index (χ1n) is 13.5. The number of carbonyl (C=O) groups is 2. The van der Waals surface area contributed by atoms with E-state index >= 15 is 0 Å². The number of carbonyl (C=O) groups excluding carboxylic acids is 2. The van der Waals surface area contributed by atoms with Crippen molar-refractivity contribution in [3.63, 3.8) is 0 Å². The Morgan fingerprint density at radius 3 is 2.15 bits per heavy atom. The number of anilines is 1. The highest BCUT2D eigenvalue weighted by Gasteiger charge is 2.34. The molecule has 0 saturated heterocycles. The molecule has 2 atom stereocenters. The molecule has 40 heavy (non-hydrogen) atoms. The number of benzene rings is 3. The van der Waals surface area contributed by atoms with E-state index < -0.39 is 28.5 Å². The van der Waals surface area contributed by atoms with Gasteiger partial charge in [-0.2, -0.15) is 0 Å². The Bertz CT molecular complexity index is 1430. The third-order valence-electron chi connectivity index (χ3n) is 7.04. The molecule has 0 spiro atoms. The Hall–Kier alpha value is -3.36. The highest BCUT2D eigenvalue weighted by Crippen LogP contribution is 2.29. The first kappa shape index (κ1) is 31.2. The summed E-state index contributed by atoms with van der Waals surface area (Å²) in [5, 5.41) is 3.37. The van der Waals surface area contributed by atoms with E-state index in [-0.39, 0.29) is 29.1 Å². The molecule has 0 radical (unpaired) electrons. The SMILES string of the molecule is CC[C@H](C(=O)N[C@@H](C)CC)N(Cc1ccccc1C)C(=O)CN(c1ccc(C)c(Cl)c1)S(=O)(=O)c1ccccc1. The Balaban J connectivity index is 2.08. The summed E-state index contributed by atoms with van der Waals surface area (Å²) in [6.07, 6.45) is 1.10. The van der Waals surface area contributed by atoms with Crippen molar-refractivity contribution in [1.82, 2.24) is 10.2 Å². The molecule has 0 aliphatic heterocycles. The topological polar surface area (TPSA) is 86.8 Å². The number of halogens is 1. The Morgan fingerprint density at radius 2 is 1.55 bits per heavy atom. The Morgan fingerprint density at radius 1 is 0.900 bits per heavy atom. The van der Waals surface area contributed by atoms with Crippen LogP contribution in [0.4, 0.5) is 5.69 Å². The number of amides is 2. The predicted octanol–water partition coefficient (Wildman–Crippen LogP) is 5.87. The van der Waals surface area contributed by atoms with Crippen molar-refractivity contribution in [2.45, 2.75) is 71.0 Å². The molecule has 0 heterocycles. The summed E-state index contributed by atoms with van der Waals surface area (Å²) in [4.78, 5) is 29.0. The minimum Gasteiger partial charge on any atom is -0.352 e. The van der Waals surface area contributed by atoms with Crippen LogP contribution in [-0.2, 0) is 26.2 Å². The number of hydrogen-bond donors (Lipinski definition) is 1. The summed E-state index contributed by atoms with van der Waals surface area (Å²) in [5.41, 5.74) is 2.89. The van der Waals surface area contributed by atoms with E-state index in [0.717, 1.165) is 27.4 Å². The zero-order valence-corrected chi connectivity index (χ0v) is 25.3. The van der Waals surface area contributed by atoms with E-state index in [1.807, 2.05) is 58.9 Å². The average Bonchev–Trinajstić information content (AvgIpc) is 2.94. The van der Waals surface area contributed by atoms with E-state index in [2.05, 4.69) is 5.32 Å². The molecule has 7 nitrogen and oxygen atoms in total. The van der Waals surface area contributed by atoms with Gasteiger partial charge in [0.2, 0.25) is 11.8 Å². The quantitative estimate of drug-likeness (QED) is 0.289. The van der Waals surface area contributed by atoms with E-state index in [1.54, 1.807) is 36.4 Å². The predicted molar refractivity (Wildman–Crippen MR) is 161 cm³/mol. The first-order chi connectivity index (χ1) is 19.0. The van der Waals surface area contributed by atoms with Gasteiger partial charge in [0, 0.05) is 17.6 Å². The van der Waals surface area contributed by atoms with Gasteiger partial charge in [-0.05, 0) is 74.6 Å². The van der Waals surface area contributed by atoms with Gasteiger partial charge in [-0.3, -0.25) is 13.9 Å². The minimum atomic E-state index is -4.14. The van der Waals surface area contributed by atoms with Crippen LogP contribution in [0.3, 0.4) is 0 Å². The summed E-state index contributed by atoms with van der Waals surface area (Å²) in [7, 11) is -4.14. The van der Waals surface area contributed by atoms with Crippen LogP contribution in [0.1, 0.15) is 50.3 Å². The monoisotopic (exact) mass is 583 g/mol. The molecular weight excluding hydrogens is 546 g/mol. The lowest BCUT2D eigenvalue weighted by molar-refractivity contribution is -0.140. The standard InChI is InChI=1S/C31H38ClN3O4S/c1-6-24(5)33-31(37)29(7-2)34(20-25-14-12-11-13-22(25)3)30(36)21-35(26-18-17-23(4)28(32)19-26)40(38,39)27-15-9-8-10-16-27/h8-19,24,29H,6-7,20-21H2,1-5H3,(H,33,37)/t24-,29+/m0/s1. The molecule has 0 aliphatic rings. The third kappa shape index (κ3) is 7.43. The maximum absolute atomic E-state index is 14.1. The molecule has 0 fully saturated rings. The van der Waals surface area contributed by atoms with Crippen LogP contribution >= 0.6 is 11.6 Å². The second kappa shape index (κ2) is 13.8. The second-order valence-corrected chi connectivity index (χ2v) is 12.2. The smallest absolute Gasteiger partial charge is 0.264 e. The number of nitrogens with one attached hydrogen (secondary N) is 1. The van der Waals surface area contributed by atoms with Gasteiger partial charge < -0.3 is 10.2 Å². The molecule has 3 aromatic rings. The average molecular weight is 584 g/mol. The molecule has 0 aromatic heterocycles. The highest BCUT2D eigenvalue weighted by molar-refractivity contribution is 7.92. The normalized spacial score (nSPS) is 12.8. The molecule has 2 amide bonds. The van der Waals surface area contributed by atoms with Crippen molar-refractivity contribution in [3.05, 3.63) is 94.5 Å². The van der Waals surface area contributed by atoms with Gasteiger partial charge in [-0.25, -0.2) is 8.42 Å². The lowest BCUT2D eigenvalue weighted by atomic mass is 10.1. The first-order valence-corrected chi connectivity index (χ1v) is 15.3. The van der Waals surface area contributed by atoms with Crippen LogP contribution in [-0.4, -0.2) is 43.8 Å². The third-order valence-corrected chi connectivity index (χ3v) is 9.24. The zero-order valence-electron chi connectivity index (χ0n) is 23.7. The number of nitrogens with zero attached hydrogens (tertiary/aromatic N) is 2. The molecule has 214 valence electrons. The van der Waals surface area contributed by atoms with Crippen molar-refractivity contribution in [2.24, 2.45) is 0 Å². The zero-order chi connectivity index (χ0) is 29.4. The molecule has 0 saturated carbocycles. The number of sulfonamides is 1. The van der Waals surface area contributed by atoms with E-state index in [1.165, 1.54) is 17.0 Å². The van der Waals surface area contributed by atoms with E-state index in [0.29, 0.717) is 11.4 Å². The molecule has 1 N–H and O–H groups in total. The minimum absolute atomic E-state index is 0.0477. The summed E-state index contributed by atoms with van der Waals surface area (Å²) in [5.74, 6) is -0.764. The van der Waals surface area contributed by atoms with Crippen LogP contribution < -0.4 is 9.62 Å². The number of hydrogen-bond acceptors (Lipinski definition) is 4. The van der Waals surface area contributed by atoms with Crippen LogP contribution in [0.5, 0.6) is 0 Å². The largest absolute Gasteiger partial charge is 0.352 e. The Kier molecular flexibility index (Phi) is 10.8. The van der Waals surface area contributed by atoms with E-state index in [4.69, 9.17) is 11.6 Å². The number of aryl methyl sites for hydroxylation is 2. The van der Waals surface area contributed by atoms with Gasteiger partial charge >= 0.3 is 0 Å². The Labute approximate surface area is 243 Å². The maximum atomic E-state index is 14.1. The molecular formula is C31H38ClN3O4S. The fraction of sp³-hybridized carbons (Fsp3) is 0.355. The van der Waals surface area contributed by atoms with Crippen molar-refractivity contribution in [2.75, 3.05) is 10.8 Å². The fourth-order valence-electron chi connectivity index (χ4n) is 4.32. The summed E-state index contributed by atoms with van der Waals surface area (Å²) in [6.45, 7) is 9.14. The lowest BCUT2D eigenvalue weighted by Gasteiger charge is -2.34. The molecule has 0 bridgehead atoms. The number of rotatable bonds is 12. The van der Waals surface area contributed by atoms with Crippen molar-refractivity contribution >= 4 is 39.1 Å². The van der Waals surface area contributed by atoms with Gasteiger partial charge in [0.25, 0.3) is 10.0 Å². The molecule has 0 aliphatic carbocycles. The molecule has 0 unspecified atom stereocenters. The fourth-order valence-corrected chi connectivity index (χ4v) is 5.92. The maximum Gasteiger partial charge on any atom is 0.264 e. The summed E-state index contributed by atoms with van der Waals surface area (Å²) >= 11 is 6.38. The van der Waals surface area contributed by atoms with E-state index in [9.17, 15) is 18.0 Å².